The van der Waals surface area contributed by atoms with Crippen molar-refractivity contribution in [3.63, 3.8) is 0 Å². The predicted molar refractivity (Wildman–Crippen MR) is 79.7 cm³/mol. The molecule has 1 aliphatic rings. The van der Waals surface area contributed by atoms with E-state index in [1.165, 1.54) is 4.90 Å². The number of rotatable bonds is 2. The molecule has 0 radical (unpaired) electrons. The summed E-state index contributed by atoms with van der Waals surface area (Å²) in [5.41, 5.74) is 1.06. The lowest BCUT2D eigenvalue weighted by Gasteiger charge is -2.20. The van der Waals surface area contributed by atoms with Crippen LogP contribution in [-0.4, -0.2) is 40.1 Å². The number of hydrogen-bond donors (Lipinski definition) is 2. The van der Waals surface area contributed by atoms with Gasteiger partial charge >= 0.3 is 12.0 Å². The molecule has 7 nitrogen and oxygen atoms in total. The molecule has 2 aromatic rings. The summed E-state index contributed by atoms with van der Waals surface area (Å²) in [4.78, 5) is 29.2. The van der Waals surface area contributed by atoms with Crippen molar-refractivity contribution in [1.29, 1.82) is 0 Å². The third-order valence-corrected chi connectivity index (χ3v) is 4.02. The predicted octanol–water partition coefficient (Wildman–Crippen LogP) is 2.46. The molecule has 116 valence electrons. The number of aliphatic carboxylic acids is 1. The van der Waals surface area contributed by atoms with E-state index in [1.807, 2.05) is 0 Å². The van der Waals surface area contributed by atoms with E-state index in [9.17, 15) is 14.7 Å². The highest BCUT2D eigenvalue weighted by molar-refractivity contribution is 5.92. The second-order valence-electron chi connectivity index (χ2n) is 5.88. The van der Waals surface area contributed by atoms with Crippen LogP contribution in [0, 0.1) is 12.3 Å². The molecule has 1 unspecified atom stereocenters. The van der Waals surface area contributed by atoms with E-state index in [0.29, 0.717) is 30.1 Å². The Labute approximate surface area is 126 Å². The Morgan fingerprint density at radius 2 is 2.23 bits per heavy atom. The summed E-state index contributed by atoms with van der Waals surface area (Å²) in [6.07, 6.45) is 0.454. The van der Waals surface area contributed by atoms with Crippen LogP contribution in [0.25, 0.3) is 11.1 Å². The molecule has 1 aliphatic heterocycles. The number of aromatic nitrogens is 1. The summed E-state index contributed by atoms with van der Waals surface area (Å²) < 4.78 is 5.43. The number of nitrogens with one attached hydrogen (secondary N) is 1. The number of amides is 2. The summed E-state index contributed by atoms with van der Waals surface area (Å²) in [5.74, 6) is -0.309. The lowest BCUT2D eigenvalue weighted by Crippen LogP contribution is -2.37. The van der Waals surface area contributed by atoms with E-state index in [0.717, 1.165) is 5.52 Å². The van der Waals surface area contributed by atoms with Gasteiger partial charge in [-0.1, -0.05) is 0 Å². The number of likely N-dealkylation sites (tertiary alicyclic amines) is 1. The third kappa shape index (κ3) is 2.49. The Bertz CT molecular complexity index is 754. The van der Waals surface area contributed by atoms with E-state index in [2.05, 4.69) is 10.3 Å². The fourth-order valence-electron chi connectivity index (χ4n) is 2.63. The molecular weight excluding hydrogens is 286 g/mol. The smallest absolute Gasteiger partial charge is 0.321 e. The van der Waals surface area contributed by atoms with Crippen LogP contribution in [0.3, 0.4) is 0 Å². The van der Waals surface area contributed by atoms with Crippen molar-refractivity contribution in [2.45, 2.75) is 20.3 Å². The standard InChI is InChI=1S/C15H17N3O4/c1-9-16-11-4-3-10(7-12(11)22-9)17-14(21)18-6-5-15(2,8-18)13(19)20/h3-4,7H,5-6,8H2,1-2H3,(H,17,21)(H,19,20). The first-order chi connectivity index (χ1) is 10.4. The second-order valence-corrected chi connectivity index (χ2v) is 5.88. The number of carboxylic acid groups (broad SMARTS) is 1. The molecule has 2 N–H and O–H groups in total. The number of carbonyl (C=O) groups excluding carboxylic acids is 1. The second kappa shape index (κ2) is 5.01. The van der Waals surface area contributed by atoms with Gasteiger partial charge in [-0.25, -0.2) is 9.78 Å². The van der Waals surface area contributed by atoms with Gasteiger partial charge in [0.1, 0.15) is 5.52 Å². The molecule has 0 spiro atoms. The van der Waals surface area contributed by atoms with Crippen molar-refractivity contribution in [1.82, 2.24) is 9.88 Å². The lowest BCUT2D eigenvalue weighted by atomic mass is 9.90. The van der Waals surface area contributed by atoms with Crippen LogP contribution in [0.4, 0.5) is 10.5 Å². The lowest BCUT2D eigenvalue weighted by molar-refractivity contribution is -0.146. The van der Waals surface area contributed by atoms with Crippen LogP contribution in [0.2, 0.25) is 0 Å². The van der Waals surface area contributed by atoms with E-state index >= 15 is 0 Å². The molecule has 22 heavy (non-hydrogen) atoms. The highest BCUT2D eigenvalue weighted by Crippen LogP contribution is 2.30. The Hall–Kier alpha value is -2.57. The van der Waals surface area contributed by atoms with Gasteiger partial charge in [0, 0.05) is 31.8 Å². The van der Waals surface area contributed by atoms with Crippen LogP contribution < -0.4 is 5.32 Å². The number of oxazole rings is 1. The summed E-state index contributed by atoms with van der Waals surface area (Å²) in [6, 6.07) is 4.92. The molecular formula is C15H17N3O4. The number of benzene rings is 1. The maximum atomic E-state index is 12.2. The third-order valence-electron chi connectivity index (χ3n) is 4.02. The normalized spacial score (nSPS) is 21.3. The molecule has 1 saturated heterocycles. The van der Waals surface area contributed by atoms with Crippen LogP contribution in [-0.2, 0) is 4.79 Å². The molecule has 0 bridgehead atoms. The van der Waals surface area contributed by atoms with Crippen LogP contribution in [0.5, 0.6) is 0 Å². The van der Waals surface area contributed by atoms with Gasteiger partial charge in [0.05, 0.1) is 5.41 Å². The van der Waals surface area contributed by atoms with Gasteiger partial charge in [0.2, 0.25) is 0 Å². The van der Waals surface area contributed by atoms with Crippen molar-refractivity contribution in [3.8, 4) is 0 Å². The Morgan fingerprint density at radius 3 is 2.91 bits per heavy atom. The van der Waals surface area contributed by atoms with Crippen molar-refractivity contribution in [3.05, 3.63) is 24.1 Å². The number of carboxylic acids is 1. The van der Waals surface area contributed by atoms with Crippen LogP contribution in [0.1, 0.15) is 19.2 Å². The molecule has 2 heterocycles. The number of nitrogens with zero attached hydrogens (tertiary/aromatic N) is 2. The molecule has 2 amide bonds. The van der Waals surface area contributed by atoms with Crippen LogP contribution >= 0.6 is 0 Å². The molecule has 1 aromatic carbocycles. The Morgan fingerprint density at radius 1 is 1.45 bits per heavy atom. The molecule has 1 fully saturated rings. The SMILES string of the molecule is Cc1nc2ccc(NC(=O)N3CCC(C)(C(=O)O)C3)cc2o1. The number of urea groups is 1. The van der Waals surface area contributed by atoms with Gasteiger partial charge in [-0.05, 0) is 25.5 Å². The minimum absolute atomic E-state index is 0.206. The van der Waals surface area contributed by atoms with Gasteiger partial charge < -0.3 is 19.7 Å². The summed E-state index contributed by atoms with van der Waals surface area (Å²) in [6.45, 7) is 4.05. The first-order valence-electron chi connectivity index (χ1n) is 7.04. The number of fused-ring (bicyclic) bond motifs is 1. The molecule has 0 aliphatic carbocycles. The Balaban J connectivity index is 1.72. The largest absolute Gasteiger partial charge is 0.481 e. The monoisotopic (exact) mass is 303 g/mol. The first kappa shape index (κ1) is 14.4. The first-order valence-corrected chi connectivity index (χ1v) is 7.04. The van der Waals surface area contributed by atoms with Crippen LogP contribution in [0.15, 0.2) is 22.6 Å². The zero-order chi connectivity index (χ0) is 15.9. The number of anilines is 1. The molecule has 1 aromatic heterocycles. The van der Waals surface area contributed by atoms with Gasteiger partial charge in [-0.3, -0.25) is 4.79 Å². The summed E-state index contributed by atoms with van der Waals surface area (Å²) in [7, 11) is 0. The van der Waals surface area contributed by atoms with Crippen molar-refractivity contribution >= 4 is 28.8 Å². The number of hydrogen-bond acceptors (Lipinski definition) is 4. The fourth-order valence-corrected chi connectivity index (χ4v) is 2.63. The zero-order valence-corrected chi connectivity index (χ0v) is 12.4. The van der Waals surface area contributed by atoms with E-state index < -0.39 is 11.4 Å². The van der Waals surface area contributed by atoms with E-state index in [1.54, 1.807) is 32.0 Å². The average molecular weight is 303 g/mol. The van der Waals surface area contributed by atoms with E-state index in [4.69, 9.17) is 4.42 Å². The van der Waals surface area contributed by atoms with Gasteiger partial charge in [-0.2, -0.15) is 0 Å². The van der Waals surface area contributed by atoms with Gasteiger partial charge in [-0.15, -0.1) is 0 Å². The maximum absolute atomic E-state index is 12.2. The fraction of sp³-hybridized carbons (Fsp3) is 0.400. The van der Waals surface area contributed by atoms with Crippen molar-refractivity contribution < 1.29 is 19.1 Å². The molecule has 7 heteroatoms. The minimum Gasteiger partial charge on any atom is -0.481 e. The number of carbonyl (C=O) groups is 2. The molecule has 3 rings (SSSR count). The molecule has 0 saturated carbocycles. The van der Waals surface area contributed by atoms with E-state index in [-0.39, 0.29) is 12.6 Å². The summed E-state index contributed by atoms with van der Waals surface area (Å²) >= 11 is 0. The highest BCUT2D eigenvalue weighted by Gasteiger charge is 2.42. The topological polar surface area (TPSA) is 95.7 Å². The zero-order valence-electron chi connectivity index (χ0n) is 12.4. The van der Waals surface area contributed by atoms with Crippen molar-refractivity contribution in [2.75, 3.05) is 18.4 Å². The minimum atomic E-state index is -0.874. The highest BCUT2D eigenvalue weighted by atomic mass is 16.4. The average Bonchev–Trinajstić information content (AvgIpc) is 3.01. The quantitative estimate of drug-likeness (QED) is 0.888. The van der Waals surface area contributed by atoms with Crippen molar-refractivity contribution in [2.24, 2.45) is 5.41 Å². The molecule has 1 atom stereocenters. The Kier molecular flexibility index (Phi) is 3.27. The van der Waals surface area contributed by atoms with Gasteiger partial charge in [0.25, 0.3) is 0 Å². The summed E-state index contributed by atoms with van der Waals surface area (Å²) in [5, 5.41) is 12.0. The van der Waals surface area contributed by atoms with Gasteiger partial charge in [0.15, 0.2) is 11.5 Å². The maximum Gasteiger partial charge on any atom is 0.321 e. The number of aryl methyl sites for hydroxylation is 1.